The maximum atomic E-state index is 11.9. The fourth-order valence-corrected chi connectivity index (χ4v) is 2.67. The summed E-state index contributed by atoms with van der Waals surface area (Å²) in [4.78, 5) is 15.9. The Morgan fingerprint density at radius 2 is 2.00 bits per heavy atom. The molecule has 1 rings (SSSR count). The zero-order valence-electron chi connectivity index (χ0n) is 14.8. The number of likely N-dealkylation sites (N-methyl/N-ethyl adjacent to an activating group) is 1. The second-order valence-corrected chi connectivity index (χ2v) is 7.46. The van der Waals surface area contributed by atoms with Crippen molar-refractivity contribution in [3.05, 3.63) is 0 Å². The number of piperidine rings is 1. The molecule has 1 saturated heterocycles. The monoisotopic (exact) mass is 299 g/mol. The third-order valence-corrected chi connectivity index (χ3v) is 4.17. The van der Waals surface area contributed by atoms with Crippen LogP contribution in [0.4, 0.5) is 4.79 Å². The van der Waals surface area contributed by atoms with Crippen molar-refractivity contribution in [3.63, 3.8) is 0 Å². The SMILES string of the molecule is CC1CN(C)C(C)CC1NCCN(C)C(=O)OC(C)(C)C. The van der Waals surface area contributed by atoms with E-state index in [1.807, 2.05) is 20.8 Å². The Labute approximate surface area is 130 Å². The van der Waals surface area contributed by atoms with Gasteiger partial charge in [0.2, 0.25) is 0 Å². The molecule has 5 nitrogen and oxygen atoms in total. The summed E-state index contributed by atoms with van der Waals surface area (Å²) in [5, 5.41) is 3.59. The highest BCUT2D eigenvalue weighted by Crippen LogP contribution is 2.20. The Bertz CT molecular complexity index is 341. The number of amides is 1. The topological polar surface area (TPSA) is 44.8 Å². The Kier molecular flexibility index (Phi) is 6.47. The summed E-state index contributed by atoms with van der Waals surface area (Å²) in [6.07, 6.45) is 0.905. The molecule has 1 heterocycles. The van der Waals surface area contributed by atoms with Crippen molar-refractivity contribution < 1.29 is 9.53 Å². The number of nitrogens with one attached hydrogen (secondary N) is 1. The van der Waals surface area contributed by atoms with Gasteiger partial charge in [0, 0.05) is 38.8 Å². The third kappa shape index (κ3) is 6.22. The molecule has 5 heteroatoms. The summed E-state index contributed by atoms with van der Waals surface area (Å²) in [6, 6.07) is 1.14. The molecule has 0 aromatic carbocycles. The fraction of sp³-hybridized carbons (Fsp3) is 0.938. The molecule has 0 saturated carbocycles. The molecule has 0 aromatic rings. The van der Waals surface area contributed by atoms with Crippen molar-refractivity contribution in [2.24, 2.45) is 5.92 Å². The number of ether oxygens (including phenoxy) is 1. The van der Waals surface area contributed by atoms with Crippen LogP contribution in [0.3, 0.4) is 0 Å². The van der Waals surface area contributed by atoms with E-state index in [0.29, 0.717) is 24.5 Å². The van der Waals surface area contributed by atoms with Gasteiger partial charge in [0.15, 0.2) is 0 Å². The first-order valence-corrected chi connectivity index (χ1v) is 7.98. The normalized spacial score (nSPS) is 27.5. The highest BCUT2D eigenvalue weighted by atomic mass is 16.6. The molecular formula is C16H33N3O2. The summed E-state index contributed by atoms with van der Waals surface area (Å²) in [7, 11) is 3.98. The zero-order valence-corrected chi connectivity index (χ0v) is 14.8. The lowest BCUT2D eigenvalue weighted by Crippen LogP contribution is -2.52. The average molecular weight is 299 g/mol. The number of nitrogens with zero attached hydrogens (tertiary/aromatic N) is 2. The molecular weight excluding hydrogens is 266 g/mol. The van der Waals surface area contributed by atoms with Gasteiger partial charge in [-0.25, -0.2) is 4.79 Å². The van der Waals surface area contributed by atoms with Crippen LogP contribution >= 0.6 is 0 Å². The molecule has 0 spiro atoms. The van der Waals surface area contributed by atoms with Gasteiger partial charge in [-0.1, -0.05) is 6.92 Å². The van der Waals surface area contributed by atoms with Crippen LogP contribution in [0.25, 0.3) is 0 Å². The number of hydrogen-bond donors (Lipinski definition) is 1. The highest BCUT2D eigenvalue weighted by molar-refractivity contribution is 5.67. The smallest absolute Gasteiger partial charge is 0.410 e. The highest BCUT2D eigenvalue weighted by Gasteiger charge is 2.28. The largest absolute Gasteiger partial charge is 0.444 e. The maximum Gasteiger partial charge on any atom is 0.410 e. The van der Waals surface area contributed by atoms with E-state index < -0.39 is 5.60 Å². The summed E-state index contributed by atoms with van der Waals surface area (Å²) in [6.45, 7) is 12.8. The molecule has 3 unspecified atom stereocenters. The lowest BCUT2D eigenvalue weighted by Gasteiger charge is -2.40. The van der Waals surface area contributed by atoms with Gasteiger partial charge >= 0.3 is 6.09 Å². The van der Waals surface area contributed by atoms with Crippen LogP contribution in [-0.2, 0) is 4.74 Å². The van der Waals surface area contributed by atoms with Crippen LogP contribution in [-0.4, -0.2) is 67.3 Å². The van der Waals surface area contributed by atoms with Gasteiger partial charge in [0.1, 0.15) is 5.60 Å². The minimum Gasteiger partial charge on any atom is -0.444 e. The molecule has 0 bridgehead atoms. The Morgan fingerprint density at radius 3 is 2.57 bits per heavy atom. The Balaban J connectivity index is 2.31. The molecule has 1 aliphatic heterocycles. The minimum absolute atomic E-state index is 0.255. The van der Waals surface area contributed by atoms with E-state index in [1.54, 1.807) is 11.9 Å². The van der Waals surface area contributed by atoms with E-state index in [0.717, 1.165) is 19.5 Å². The quantitative estimate of drug-likeness (QED) is 0.864. The van der Waals surface area contributed by atoms with Crippen molar-refractivity contribution in [1.82, 2.24) is 15.1 Å². The molecule has 0 aliphatic carbocycles. The number of hydrogen-bond acceptors (Lipinski definition) is 4. The summed E-state index contributed by atoms with van der Waals surface area (Å²) in [5.74, 6) is 0.637. The first-order chi connectivity index (χ1) is 9.60. The first-order valence-electron chi connectivity index (χ1n) is 7.98. The summed E-state index contributed by atoms with van der Waals surface area (Å²) in [5.41, 5.74) is -0.434. The lowest BCUT2D eigenvalue weighted by molar-refractivity contribution is 0.0295. The number of carbonyl (C=O) groups is 1. The molecule has 0 radical (unpaired) electrons. The Morgan fingerprint density at radius 1 is 1.38 bits per heavy atom. The van der Waals surface area contributed by atoms with E-state index in [1.165, 1.54) is 0 Å². The number of rotatable bonds is 4. The van der Waals surface area contributed by atoms with Crippen LogP contribution in [0.2, 0.25) is 0 Å². The van der Waals surface area contributed by atoms with Gasteiger partial charge in [-0.3, -0.25) is 0 Å². The molecule has 3 atom stereocenters. The number of likely N-dealkylation sites (tertiary alicyclic amines) is 1. The van der Waals surface area contributed by atoms with Crippen molar-refractivity contribution in [3.8, 4) is 0 Å². The van der Waals surface area contributed by atoms with Crippen molar-refractivity contribution >= 4 is 6.09 Å². The van der Waals surface area contributed by atoms with Crippen LogP contribution in [0, 0.1) is 5.92 Å². The van der Waals surface area contributed by atoms with Crippen LogP contribution in [0.15, 0.2) is 0 Å². The molecule has 1 aliphatic rings. The van der Waals surface area contributed by atoms with Gasteiger partial charge in [0.05, 0.1) is 0 Å². The zero-order chi connectivity index (χ0) is 16.2. The molecule has 1 fully saturated rings. The van der Waals surface area contributed by atoms with Gasteiger partial charge in [-0.05, 0) is 47.1 Å². The predicted octanol–water partition coefficient (Wildman–Crippen LogP) is 2.17. The maximum absolute atomic E-state index is 11.9. The van der Waals surface area contributed by atoms with Crippen molar-refractivity contribution in [2.75, 3.05) is 33.7 Å². The van der Waals surface area contributed by atoms with Crippen LogP contribution < -0.4 is 5.32 Å². The van der Waals surface area contributed by atoms with Crippen molar-refractivity contribution in [1.29, 1.82) is 0 Å². The molecule has 1 N–H and O–H groups in total. The van der Waals surface area contributed by atoms with Crippen molar-refractivity contribution in [2.45, 2.75) is 58.7 Å². The van der Waals surface area contributed by atoms with Crippen LogP contribution in [0.5, 0.6) is 0 Å². The molecule has 124 valence electrons. The molecule has 0 aromatic heterocycles. The van der Waals surface area contributed by atoms with E-state index in [4.69, 9.17) is 4.74 Å². The predicted molar refractivity (Wildman–Crippen MR) is 86.5 cm³/mol. The van der Waals surface area contributed by atoms with E-state index in [9.17, 15) is 4.79 Å². The van der Waals surface area contributed by atoms with Gasteiger partial charge < -0.3 is 19.9 Å². The third-order valence-electron chi connectivity index (χ3n) is 4.17. The van der Waals surface area contributed by atoms with E-state index >= 15 is 0 Å². The summed E-state index contributed by atoms with van der Waals surface area (Å²) < 4.78 is 5.35. The second kappa shape index (κ2) is 7.45. The molecule has 21 heavy (non-hydrogen) atoms. The van der Waals surface area contributed by atoms with Gasteiger partial charge in [0.25, 0.3) is 0 Å². The van der Waals surface area contributed by atoms with Gasteiger partial charge in [-0.2, -0.15) is 0 Å². The fourth-order valence-electron chi connectivity index (χ4n) is 2.67. The second-order valence-electron chi connectivity index (χ2n) is 7.46. The lowest BCUT2D eigenvalue weighted by atomic mass is 9.90. The Hall–Kier alpha value is -0.810. The average Bonchev–Trinajstić information content (AvgIpc) is 2.33. The molecule has 1 amide bonds. The van der Waals surface area contributed by atoms with E-state index in [-0.39, 0.29) is 6.09 Å². The van der Waals surface area contributed by atoms with Crippen LogP contribution in [0.1, 0.15) is 41.0 Å². The minimum atomic E-state index is -0.434. The van der Waals surface area contributed by atoms with E-state index in [2.05, 4.69) is 31.1 Å². The first kappa shape index (κ1) is 18.2. The number of carbonyl (C=O) groups excluding carboxylic acids is 1. The standard InChI is InChI=1S/C16H33N3O2/c1-12-11-19(7)13(2)10-14(12)17-8-9-18(6)15(20)21-16(3,4)5/h12-14,17H,8-11H2,1-7H3. The van der Waals surface area contributed by atoms with Gasteiger partial charge in [-0.15, -0.1) is 0 Å². The summed E-state index contributed by atoms with van der Waals surface area (Å²) >= 11 is 0.